The van der Waals surface area contributed by atoms with Crippen LogP contribution in [0.1, 0.15) is 15.9 Å². The van der Waals surface area contributed by atoms with Crippen molar-refractivity contribution in [2.75, 3.05) is 0 Å². The largest absolute Gasteiger partial charge is 0.478 e. The predicted octanol–water partition coefficient (Wildman–Crippen LogP) is 3.67. The molecule has 0 fully saturated rings. The van der Waals surface area contributed by atoms with Crippen LogP contribution in [-0.2, 0) is 6.54 Å². The Morgan fingerprint density at radius 2 is 1.90 bits per heavy atom. The van der Waals surface area contributed by atoms with E-state index in [0.717, 1.165) is 11.6 Å². The van der Waals surface area contributed by atoms with Gasteiger partial charge in [0.25, 0.3) is 0 Å². The molecule has 2 aromatic carbocycles. The summed E-state index contributed by atoms with van der Waals surface area (Å²) in [6.07, 6.45) is 1.72. The first-order valence-corrected chi connectivity index (χ1v) is 6.31. The molecule has 106 valence electrons. The van der Waals surface area contributed by atoms with Crippen LogP contribution in [0.5, 0.6) is 0 Å². The van der Waals surface area contributed by atoms with E-state index in [1.54, 1.807) is 22.9 Å². The van der Waals surface area contributed by atoms with Gasteiger partial charge in [-0.2, -0.15) is 0 Å². The molecule has 0 aliphatic rings. The third kappa shape index (κ3) is 2.50. The van der Waals surface area contributed by atoms with Gasteiger partial charge in [0.15, 0.2) is 0 Å². The topological polar surface area (TPSA) is 42.2 Å². The van der Waals surface area contributed by atoms with Gasteiger partial charge in [-0.3, -0.25) is 0 Å². The molecule has 0 saturated heterocycles. The fourth-order valence-corrected chi connectivity index (χ4v) is 2.32. The van der Waals surface area contributed by atoms with Crippen molar-refractivity contribution >= 4 is 16.9 Å². The van der Waals surface area contributed by atoms with E-state index in [1.165, 1.54) is 24.3 Å². The van der Waals surface area contributed by atoms with Gasteiger partial charge in [0.1, 0.15) is 11.6 Å². The van der Waals surface area contributed by atoms with Crippen molar-refractivity contribution < 1.29 is 18.7 Å². The first-order chi connectivity index (χ1) is 10.0. The minimum atomic E-state index is -1.10. The first-order valence-electron chi connectivity index (χ1n) is 6.31. The van der Waals surface area contributed by atoms with Gasteiger partial charge in [-0.1, -0.05) is 0 Å². The summed E-state index contributed by atoms with van der Waals surface area (Å²) in [7, 11) is 0. The number of rotatable bonds is 3. The van der Waals surface area contributed by atoms with Gasteiger partial charge in [-0.25, -0.2) is 13.6 Å². The quantitative estimate of drug-likeness (QED) is 0.798. The second-order valence-corrected chi connectivity index (χ2v) is 4.76. The highest BCUT2D eigenvalue weighted by molar-refractivity contribution is 5.87. The molecule has 5 heteroatoms. The maximum absolute atomic E-state index is 13.8. The van der Waals surface area contributed by atoms with Crippen molar-refractivity contribution in [3.05, 3.63) is 71.4 Å². The highest BCUT2D eigenvalue weighted by Gasteiger charge is 2.10. The Morgan fingerprint density at radius 1 is 1.10 bits per heavy atom. The van der Waals surface area contributed by atoms with Gasteiger partial charge in [-0.15, -0.1) is 0 Å². The highest BCUT2D eigenvalue weighted by atomic mass is 19.1. The van der Waals surface area contributed by atoms with E-state index in [4.69, 9.17) is 5.11 Å². The molecule has 0 aliphatic heterocycles. The van der Waals surface area contributed by atoms with E-state index < -0.39 is 11.8 Å². The summed E-state index contributed by atoms with van der Waals surface area (Å²) in [6.45, 7) is 0.183. The number of carboxylic acid groups (broad SMARTS) is 1. The lowest BCUT2D eigenvalue weighted by Gasteiger charge is -2.08. The molecule has 0 bridgehead atoms. The van der Waals surface area contributed by atoms with E-state index in [2.05, 4.69) is 0 Å². The summed E-state index contributed by atoms with van der Waals surface area (Å²) in [5.74, 6) is -1.90. The minimum Gasteiger partial charge on any atom is -0.478 e. The monoisotopic (exact) mass is 287 g/mol. The smallest absolute Gasteiger partial charge is 0.335 e. The molecular formula is C16H11F2NO2. The van der Waals surface area contributed by atoms with Crippen molar-refractivity contribution in [1.29, 1.82) is 0 Å². The lowest BCUT2D eigenvalue weighted by molar-refractivity contribution is 0.0696. The van der Waals surface area contributed by atoms with Gasteiger partial charge >= 0.3 is 5.97 Å². The zero-order valence-electron chi connectivity index (χ0n) is 10.9. The summed E-state index contributed by atoms with van der Waals surface area (Å²) < 4.78 is 28.7. The van der Waals surface area contributed by atoms with Crippen LogP contribution in [0, 0.1) is 11.6 Å². The zero-order chi connectivity index (χ0) is 15.0. The molecule has 0 unspecified atom stereocenters. The van der Waals surface area contributed by atoms with Gasteiger partial charge in [0.2, 0.25) is 0 Å². The Labute approximate surface area is 119 Å². The zero-order valence-corrected chi connectivity index (χ0v) is 10.9. The fourth-order valence-electron chi connectivity index (χ4n) is 2.32. The average Bonchev–Trinajstić information content (AvgIpc) is 2.83. The molecule has 0 aliphatic carbocycles. The Kier molecular flexibility index (Phi) is 3.17. The minimum absolute atomic E-state index is 0.0360. The molecule has 21 heavy (non-hydrogen) atoms. The fraction of sp³-hybridized carbons (Fsp3) is 0.0625. The Morgan fingerprint density at radius 3 is 2.67 bits per heavy atom. The van der Waals surface area contributed by atoms with Gasteiger partial charge < -0.3 is 9.67 Å². The number of carboxylic acids is 1. The third-order valence-electron chi connectivity index (χ3n) is 3.37. The molecule has 1 heterocycles. The molecule has 1 aromatic heterocycles. The molecule has 0 amide bonds. The van der Waals surface area contributed by atoms with Crippen LogP contribution in [0.4, 0.5) is 8.78 Å². The van der Waals surface area contributed by atoms with Crippen LogP contribution in [0.3, 0.4) is 0 Å². The SMILES string of the molecule is O=C(O)c1ccc(F)c(Cn2ccc3cc(F)ccc32)c1. The highest BCUT2D eigenvalue weighted by Crippen LogP contribution is 2.20. The van der Waals surface area contributed by atoms with Crippen LogP contribution in [-0.4, -0.2) is 15.6 Å². The summed E-state index contributed by atoms with van der Waals surface area (Å²) in [6, 6.07) is 9.77. The summed E-state index contributed by atoms with van der Waals surface area (Å²) in [5.41, 5.74) is 1.07. The van der Waals surface area contributed by atoms with E-state index in [-0.39, 0.29) is 23.5 Å². The van der Waals surface area contributed by atoms with Gasteiger partial charge in [-0.05, 0) is 42.5 Å². The van der Waals surface area contributed by atoms with Crippen LogP contribution < -0.4 is 0 Å². The molecule has 3 nitrogen and oxygen atoms in total. The number of aromatic nitrogens is 1. The van der Waals surface area contributed by atoms with Crippen LogP contribution in [0.25, 0.3) is 10.9 Å². The second-order valence-electron chi connectivity index (χ2n) is 4.76. The molecule has 0 spiro atoms. The molecule has 0 atom stereocenters. The maximum Gasteiger partial charge on any atom is 0.335 e. The van der Waals surface area contributed by atoms with Crippen molar-refractivity contribution in [1.82, 2.24) is 4.57 Å². The normalized spacial score (nSPS) is 11.0. The third-order valence-corrected chi connectivity index (χ3v) is 3.37. The summed E-state index contributed by atoms with van der Waals surface area (Å²) >= 11 is 0. The molecule has 3 rings (SSSR count). The predicted molar refractivity (Wildman–Crippen MR) is 74.4 cm³/mol. The second kappa shape index (κ2) is 5.01. The first kappa shape index (κ1) is 13.3. The molecule has 3 aromatic rings. The number of aromatic carboxylic acids is 1. The Balaban J connectivity index is 2.02. The van der Waals surface area contributed by atoms with Crippen LogP contribution in [0.2, 0.25) is 0 Å². The average molecular weight is 287 g/mol. The number of fused-ring (bicyclic) bond motifs is 1. The molecular weight excluding hydrogens is 276 g/mol. The van der Waals surface area contributed by atoms with Crippen LogP contribution in [0.15, 0.2) is 48.7 Å². The number of nitrogens with zero attached hydrogens (tertiary/aromatic N) is 1. The van der Waals surface area contributed by atoms with E-state index in [0.29, 0.717) is 5.39 Å². The van der Waals surface area contributed by atoms with Crippen molar-refractivity contribution in [2.24, 2.45) is 0 Å². The van der Waals surface area contributed by atoms with Crippen molar-refractivity contribution in [3.63, 3.8) is 0 Å². The van der Waals surface area contributed by atoms with E-state index in [1.807, 2.05) is 0 Å². The summed E-state index contributed by atoms with van der Waals surface area (Å²) in [5, 5.41) is 9.67. The Bertz CT molecular complexity index is 839. The van der Waals surface area contributed by atoms with Crippen molar-refractivity contribution in [2.45, 2.75) is 6.54 Å². The van der Waals surface area contributed by atoms with Crippen LogP contribution >= 0.6 is 0 Å². The van der Waals surface area contributed by atoms with Gasteiger partial charge in [0, 0.05) is 22.7 Å². The molecule has 1 N–H and O–H groups in total. The van der Waals surface area contributed by atoms with Crippen molar-refractivity contribution in [3.8, 4) is 0 Å². The lowest BCUT2D eigenvalue weighted by atomic mass is 10.1. The van der Waals surface area contributed by atoms with E-state index in [9.17, 15) is 13.6 Å². The molecule has 0 saturated carbocycles. The molecule has 0 radical (unpaired) electrons. The number of benzene rings is 2. The number of hydrogen-bond donors (Lipinski definition) is 1. The standard InChI is InChI=1S/C16H11F2NO2/c17-13-2-4-15-10(8-13)5-6-19(15)9-12-7-11(16(20)21)1-3-14(12)18/h1-8H,9H2,(H,20,21). The lowest BCUT2D eigenvalue weighted by Crippen LogP contribution is -2.04. The number of hydrogen-bond acceptors (Lipinski definition) is 1. The number of carbonyl (C=O) groups is 1. The van der Waals surface area contributed by atoms with E-state index >= 15 is 0 Å². The summed E-state index contributed by atoms with van der Waals surface area (Å²) in [4.78, 5) is 10.9. The Hall–Kier alpha value is -2.69. The number of halogens is 2. The van der Waals surface area contributed by atoms with Gasteiger partial charge in [0.05, 0.1) is 12.1 Å². The maximum atomic E-state index is 13.8.